The van der Waals surface area contributed by atoms with E-state index in [1.807, 2.05) is 6.07 Å². The van der Waals surface area contributed by atoms with Gasteiger partial charge >= 0.3 is 0 Å². The molecule has 0 saturated carbocycles. The molecule has 0 bridgehead atoms. The monoisotopic (exact) mass is 363 g/mol. The molecule has 2 aromatic carbocycles. The maximum absolute atomic E-state index is 11.9. The summed E-state index contributed by atoms with van der Waals surface area (Å²) in [6.07, 6.45) is 0. The first kappa shape index (κ1) is 17.7. The molecule has 24 heavy (non-hydrogen) atoms. The Morgan fingerprint density at radius 2 is 1.79 bits per heavy atom. The van der Waals surface area contributed by atoms with Crippen molar-refractivity contribution in [3.05, 3.63) is 65.2 Å². The van der Waals surface area contributed by atoms with Crippen molar-refractivity contribution >= 4 is 40.7 Å². The Balaban J connectivity index is 1.72. The van der Waals surface area contributed by atoms with E-state index in [9.17, 15) is 9.59 Å². The van der Waals surface area contributed by atoms with Gasteiger partial charge in [-0.05, 0) is 42.5 Å². The molecule has 2 amide bonds. The van der Waals surface area contributed by atoms with Gasteiger partial charge in [0.1, 0.15) is 5.75 Å². The lowest BCUT2D eigenvalue weighted by Crippen LogP contribution is -2.49. The number of carbonyl (C=O) groups is 2. The molecule has 0 aliphatic heterocycles. The summed E-state index contributed by atoms with van der Waals surface area (Å²) in [4.78, 5) is 23.6. The average Bonchev–Trinajstić information content (AvgIpc) is 2.59. The van der Waals surface area contributed by atoms with Gasteiger partial charge in [0, 0.05) is 10.6 Å². The Bertz CT molecular complexity index is 740. The lowest BCUT2D eigenvalue weighted by molar-refractivity contribution is -0.123. The van der Waals surface area contributed by atoms with Crippen LogP contribution < -0.4 is 20.9 Å². The number of hydrogen-bond acceptors (Lipinski definition) is 4. The Labute approximate surface area is 149 Å². The van der Waals surface area contributed by atoms with Gasteiger partial charge in [-0.2, -0.15) is 0 Å². The molecule has 124 valence electrons. The second-order valence-electron chi connectivity index (χ2n) is 4.57. The summed E-state index contributed by atoms with van der Waals surface area (Å²) in [5.74, 6) is -0.313. The molecular weight excluding hydrogens is 350 g/mol. The maximum Gasteiger partial charge on any atom is 0.276 e. The Morgan fingerprint density at radius 3 is 2.50 bits per heavy atom. The van der Waals surface area contributed by atoms with Gasteiger partial charge in [-0.25, -0.2) is 0 Å². The van der Waals surface area contributed by atoms with Gasteiger partial charge in [-0.15, -0.1) is 0 Å². The third kappa shape index (κ3) is 5.86. The number of carbonyl (C=O) groups excluding carboxylic acids is 2. The van der Waals surface area contributed by atoms with E-state index in [2.05, 4.69) is 16.2 Å². The van der Waals surface area contributed by atoms with Crippen molar-refractivity contribution in [3.63, 3.8) is 0 Å². The van der Waals surface area contributed by atoms with E-state index < -0.39 is 11.8 Å². The van der Waals surface area contributed by atoms with Crippen LogP contribution in [0, 0.1) is 0 Å². The maximum atomic E-state index is 11.9. The van der Waals surface area contributed by atoms with Crippen LogP contribution in [0.1, 0.15) is 10.4 Å². The van der Waals surface area contributed by atoms with Crippen molar-refractivity contribution in [1.29, 1.82) is 0 Å². The quantitative estimate of drug-likeness (QED) is 0.572. The zero-order chi connectivity index (χ0) is 17.4. The molecule has 0 heterocycles. The zero-order valence-electron chi connectivity index (χ0n) is 12.4. The van der Waals surface area contributed by atoms with Crippen LogP contribution in [0.3, 0.4) is 0 Å². The first-order chi connectivity index (χ1) is 11.5. The van der Waals surface area contributed by atoms with Crippen molar-refractivity contribution in [2.45, 2.75) is 0 Å². The highest BCUT2D eigenvalue weighted by Crippen LogP contribution is 2.10. The van der Waals surface area contributed by atoms with Gasteiger partial charge < -0.3 is 4.74 Å². The minimum Gasteiger partial charge on any atom is -0.484 e. The summed E-state index contributed by atoms with van der Waals surface area (Å²) in [6, 6.07) is 15.3. The molecule has 6 nitrogen and oxygen atoms in total. The fourth-order valence-corrected chi connectivity index (χ4v) is 2.00. The minimum absolute atomic E-state index is 0.0481. The number of ether oxygens (including phenoxy) is 1. The first-order valence-corrected chi connectivity index (χ1v) is 7.67. The van der Waals surface area contributed by atoms with Crippen LogP contribution in [0.2, 0.25) is 5.02 Å². The molecular formula is C16H14ClN3O3S. The number of para-hydroxylation sites is 1. The molecule has 0 spiro atoms. The predicted molar refractivity (Wildman–Crippen MR) is 94.7 cm³/mol. The molecule has 0 radical (unpaired) electrons. The Morgan fingerprint density at radius 1 is 1.04 bits per heavy atom. The third-order valence-corrected chi connectivity index (χ3v) is 3.18. The van der Waals surface area contributed by atoms with E-state index in [4.69, 9.17) is 28.6 Å². The Kier molecular flexibility index (Phi) is 6.53. The number of benzene rings is 2. The van der Waals surface area contributed by atoms with Crippen LogP contribution in [-0.4, -0.2) is 23.5 Å². The molecule has 3 N–H and O–H groups in total. The van der Waals surface area contributed by atoms with E-state index in [1.165, 1.54) is 6.07 Å². The van der Waals surface area contributed by atoms with Gasteiger partial charge in [-0.3, -0.25) is 25.8 Å². The van der Waals surface area contributed by atoms with Gasteiger partial charge in [0.15, 0.2) is 11.7 Å². The number of rotatable bonds is 4. The number of nitrogens with one attached hydrogen (secondary N) is 3. The molecule has 0 saturated heterocycles. The van der Waals surface area contributed by atoms with Crippen molar-refractivity contribution < 1.29 is 14.3 Å². The molecule has 0 aromatic heterocycles. The predicted octanol–water partition coefficient (Wildman–Crippen LogP) is 2.05. The van der Waals surface area contributed by atoms with Gasteiger partial charge in [0.05, 0.1) is 0 Å². The van der Waals surface area contributed by atoms with E-state index in [0.29, 0.717) is 16.3 Å². The lowest BCUT2D eigenvalue weighted by Gasteiger charge is -2.11. The minimum atomic E-state index is -0.446. The molecule has 8 heteroatoms. The molecule has 0 aliphatic carbocycles. The van der Waals surface area contributed by atoms with E-state index in [-0.39, 0.29) is 11.7 Å². The van der Waals surface area contributed by atoms with Crippen molar-refractivity contribution in [2.75, 3.05) is 6.61 Å². The Hall–Kier alpha value is -2.64. The summed E-state index contributed by atoms with van der Waals surface area (Å²) in [5.41, 5.74) is 5.10. The van der Waals surface area contributed by atoms with Crippen LogP contribution >= 0.6 is 23.8 Å². The van der Waals surface area contributed by atoms with Crippen molar-refractivity contribution in [2.24, 2.45) is 0 Å². The van der Waals surface area contributed by atoms with Crippen LogP contribution in [-0.2, 0) is 4.79 Å². The number of hydrogen-bond donors (Lipinski definition) is 3. The summed E-state index contributed by atoms with van der Waals surface area (Å²) in [6.45, 7) is -0.193. The van der Waals surface area contributed by atoms with Crippen LogP contribution in [0.4, 0.5) is 0 Å². The molecule has 0 unspecified atom stereocenters. The average molecular weight is 364 g/mol. The fraction of sp³-hybridized carbons (Fsp3) is 0.0625. The largest absolute Gasteiger partial charge is 0.484 e. The highest BCUT2D eigenvalue weighted by molar-refractivity contribution is 7.80. The number of thiocarbonyl (C=S) groups is 1. The highest BCUT2D eigenvalue weighted by Gasteiger charge is 2.09. The van der Waals surface area contributed by atoms with Crippen LogP contribution in [0.15, 0.2) is 54.6 Å². The zero-order valence-corrected chi connectivity index (χ0v) is 14.0. The molecule has 2 aromatic rings. The van der Waals surface area contributed by atoms with Crippen molar-refractivity contribution in [1.82, 2.24) is 16.2 Å². The highest BCUT2D eigenvalue weighted by atomic mass is 35.5. The topological polar surface area (TPSA) is 79.5 Å². The summed E-state index contributed by atoms with van der Waals surface area (Å²) >= 11 is 10.7. The number of halogens is 1. The fourth-order valence-electron chi connectivity index (χ4n) is 1.66. The second-order valence-corrected chi connectivity index (χ2v) is 5.41. The van der Waals surface area contributed by atoms with Gasteiger partial charge in [0.2, 0.25) is 0 Å². The normalized spacial score (nSPS) is 9.71. The third-order valence-electron chi connectivity index (χ3n) is 2.74. The summed E-state index contributed by atoms with van der Waals surface area (Å²) in [7, 11) is 0. The molecule has 0 atom stereocenters. The smallest absolute Gasteiger partial charge is 0.276 e. The molecule has 0 fully saturated rings. The second kappa shape index (κ2) is 8.85. The van der Waals surface area contributed by atoms with Crippen molar-refractivity contribution in [3.8, 4) is 5.75 Å². The first-order valence-electron chi connectivity index (χ1n) is 6.88. The summed E-state index contributed by atoms with van der Waals surface area (Å²) < 4.78 is 5.27. The number of amides is 2. The van der Waals surface area contributed by atoms with E-state index in [0.717, 1.165) is 0 Å². The van der Waals surface area contributed by atoms with Crippen LogP contribution in [0.25, 0.3) is 0 Å². The number of hydrazine groups is 1. The van der Waals surface area contributed by atoms with Gasteiger partial charge in [-0.1, -0.05) is 35.9 Å². The molecule has 0 aliphatic rings. The standard InChI is InChI=1S/C16H14ClN3O3S/c17-12-6-4-5-11(9-12)15(22)18-16(24)20-19-14(21)10-23-13-7-2-1-3-8-13/h1-9H,10H2,(H,19,21)(H2,18,20,22,24). The van der Waals surface area contributed by atoms with E-state index in [1.54, 1.807) is 42.5 Å². The van der Waals surface area contributed by atoms with Gasteiger partial charge in [0.25, 0.3) is 11.8 Å². The van der Waals surface area contributed by atoms with E-state index >= 15 is 0 Å². The lowest BCUT2D eigenvalue weighted by atomic mass is 10.2. The summed E-state index contributed by atoms with van der Waals surface area (Å²) in [5, 5.41) is 2.81. The SMILES string of the molecule is O=C(COc1ccccc1)NNC(=S)NC(=O)c1cccc(Cl)c1. The molecule has 2 rings (SSSR count). The van der Waals surface area contributed by atoms with Crippen LogP contribution in [0.5, 0.6) is 5.75 Å².